The van der Waals surface area contributed by atoms with Crippen molar-refractivity contribution < 1.29 is 18.7 Å². The van der Waals surface area contributed by atoms with Gasteiger partial charge in [-0.05, 0) is 23.8 Å². The van der Waals surface area contributed by atoms with Crippen LogP contribution in [-0.4, -0.2) is 20.3 Å². The van der Waals surface area contributed by atoms with Crippen molar-refractivity contribution in [1.82, 2.24) is 5.32 Å². The molecule has 0 atom stereocenters. The number of carbonyl (C=O) groups excluding carboxylic acids is 1. The molecule has 0 aromatic heterocycles. The first-order valence-corrected chi connectivity index (χ1v) is 7.60. The summed E-state index contributed by atoms with van der Waals surface area (Å²) in [5.74, 6) is 0.319. The molecule has 0 heterocycles. The predicted molar refractivity (Wildman–Crippen MR) is 91.8 cm³/mol. The SMILES string of the molecule is COc1cc(OC)c(NC(=O)NCc2ccc(F)c(Cl)c2)cc1Cl. The van der Waals surface area contributed by atoms with Gasteiger partial charge in [0, 0.05) is 12.6 Å². The van der Waals surface area contributed by atoms with E-state index in [1.54, 1.807) is 6.07 Å². The van der Waals surface area contributed by atoms with Crippen molar-refractivity contribution in [2.45, 2.75) is 6.54 Å². The molecule has 0 fully saturated rings. The molecule has 0 spiro atoms. The lowest BCUT2D eigenvalue weighted by Crippen LogP contribution is -2.28. The summed E-state index contributed by atoms with van der Waals surface area (Å²) in [6, 6.07) is 6.83. The fraction of sp³-hybridized carbons (Fsp3) is 0.188. The Balaban J connectivity index is 2.04. The highest BCUT2D eigenvalue weighted by atomic mass is 35.5. The number of benzene rings is 2. The largest absolute Gasteiger partial charge is 0.495 e. The molecule has 0 aliphatic rings. The quantitative estimate of drug-likeness (QED) is 0.813. The minimum atomic E-state index is -0.512. The number of nitrogens with one attached hydrogen (secondary N) is 2. The van der Waals surface area contributed by atoms with Crippen molar-refractivity contribution in [1.29, 1.82) is 0 Å². The van der Waals surface area contributed by atoms with Gasteiger partial charge in [-0.2, -0.15) is 0 Å². The van der Waals surface area contributed by atoms with Crippen LogP contribution in [0.2, 0.25) is 10.0 Å². The highest BCUT2D eigenvalue weighted by molar-refractivity contribution is 6.32. The zero-order chi connectivity index (χ0) is 17.7. The van der Waals surface area contributed by atoms with E-state index in [1.807, 2.05) is 0 Å². The van der Waals surface area contributed by atoms with Gasteiger partial charge < -0.3 is 20.1 Å². The van der Waals surface area contributed by atoms with Gasteiger partial charge in [-0.15, -0.1) is 0 Å². The van der Waals surface area contributed by atoms with Crippen LogP contribution in [0.4, 0.5) is 14.9 Å². The minimum Gasteiger partial charge on any atom is -0.495 e. The van der Waals surface area contributed by atoms with Gasteiger partial charge in [0.25, 0.3) is 0 Å². The Kier molecular flexibility index (Phi) is 6.11. The Morgan fingerprint density at radius 2 is 1.79 bits per heavy atom. The average molecular weight is 373 g/mol. The van der Waals surface area contributed by atoms with Crippen molar-refractivity contribution in [3.8, 4) is 11.5 Å². The molecule has 0 saturated carbocycles. The van der Waals surface area contributed by atoms with Crippen molar-refractivity contribution in [3.63, 3.8) is 0 Å². The number of halogens is 3. The highest BCUT2D eigenvalue weighted by Crippen LogP contribution is 2.35. The monoisotopic (exact) mass is 372 g/mol. The molecule has 8 heteroatoms. The van der Waals surface area contributed by atoms with Gasteiger partial charge in [-0.3, -0.25) is 0 Å². The van der Waals surface area contributed by atoms with Crippen LogP contribution in [-0.2, 0) is 6.54 Å². The molecular formula is C16H15Cl2FN2O3. The summed E-state index contributed by atoms with van der Waals surface area (Å²) in [6.07, 6.45) is 0. The third-order valence-electron chi connectivity index (χ3n) is 3.16. The van der Waals surface area contributed by atoms with Gasteiger partial charge in [0.2, 0.25) is 0 Å². The summed E-state index contributed by atoms with van der Waals surface area (Å²) >= 11 is 11.7. The van der Waals surface area contributed by atoms with E-state index in [1.165, 1.54) is 38.5 Å². The number of rotatable bonds is 5. The smallest absolute Gasteiger partial charge is 0.319 e. The van der Waals surface area contributed by atoms with Gasteiger partial charge in [-0.1, -0.05) is 29.3 Å². The van der Waals surface area contributed by atoms with Crippen LogP contribution in [0.5, 0.6) is 11.5 Å². The third-order valence-corrected chi connectivity index (χ3v) is 3.74. The van der Waals surface area contributed by atoms with Crippen molar-refractivity contribution >= 4 is 34.9 Å². The maximum absolute atomic E-state index is 13.1. The van der Waals surface area contributed by atoms with E-state index >= 15 is 0 Å². The molecule has 2 rings (SSSR count). The first-order chi connectivity index (χ1) is 11.4. The lowest BCUT2D eigenvalue weighted by atomic mass is 10.2. The first kappa shape index (κ1) is 18.2. The molecule has 0 bridgehead atoms. The first-order valence-electron chi connectivity index (χ1n) is 6.85. The molecule has 0 radical (unpaired) electrons. The zero-order valence-corrected chi connectivity index (χ0v) is 14.5. The molecule has 5 nitrogen and oxygen atoms in total. The van der Waals surface area contributed by atoms with Gasteiger partial charge in [0.1, 0.15) is 17.3 Å². The van der Waals surface area contributed by atoms with E-state index in [0.717, 1.165) is 0 Å². The van der Waals surface area contributed by atoms with E-state index in [4.69, 9.17) is 32.7 Å². The van der Waals surface area contributed by atoms with E-state index in [2.05, 4.69) is 10.6 Å². The summed E-state index contributed by atoms with van der Waals surface area (Å²) in [4.78, 5) is 12.0. The van der Waals surface area contributed by atoms with Crippen LogP contribution in [0.25, 0.3) is 0 Å². The van der Waals surface area contributed by atoms with Crippen molar-refractivity contribution in [2.75, 3.05) is 19.5 Å². The maximum atomic E-state index is 13.1. The van der Waals surface area contributed by atoms with Crippen LogP contribution in [0, 0.1) is 5.82 Å². The van der Waals surface area contributed by atoms with Crippen LogP contribution in [0.3, 0.4) is 0 Å². The highest BCUT2D eigenvalue weighted by Gasteiger charge is 2.12. The number of carbonyl (C=O) groups is 1. The maximum Gasteiger partial charge on any atom is 0.319 e. The second kappa shape index (κ2) is 8.08. The third kappa shape index (κ3) is 4.43. The molecule has 0 saturated heterocycles. The zero-order valence-electron chi connectivity index (χ0n) is 13.0. The molecule has 0 unspecified atom stereocenters. The van der Waals surface area contributed by atoms with Gasteiger partial charge in [0.15, 0.2) is 0 Å². The number of hydrogen-bond donors (Lipinski definition) is 2. The standard InChI is InChI=1S/C16H15Cl2FN2O3/c1-23-14-7-15(24-2)13(6-11(14)18)21-16(22)20-8-9-3-4-12(19)10(17)5-9/h3-7H,8H2,1-2H3,(H2,20,21,22). The lowest BCUT2D eigenvalue weighted by molar-refractivity contribution is 0.251. The average Bonchev–Trinajstić information content (AvgIpc) is 2.56. The number of amides is 2. The van der Waals surface area contributed by atoms with Crippen LogP contribution >= 0.6 is 23.2 Å². The summed E-state index contributed by atoms with van der Waals surface area (Å²) in [5, 5.41) is 5.59. The van der Waals surface area contributed by atoms with Gasteiger partial charge in [-0.25, -0.2) is 9.18 Å². The minimum absolute atomic E-state index is 0.00156. The molecule has 2 aromatic carbocycles. The Morgan fingerprint density at radius 3 is 2.42 bits per heavy atom. The predicted octanol–water partition coefficient (Wildman–Crippen LogP) is 4.47. The number of methoxy groups -OCH3 is 2. The molecular weight excluding hydrogens is 358 g/mol. The molecule has 2 N–H and O–H groups in total. The number of urea groups is 1. The number of hydrogen-bond acceptors (Lipinski definition) is 3. The molecule has 0 aliphatic heterocycles. The summed E-state index contributed by atoms with van der Waals surface area (Å²) < 4.78 is 23.4. The van der Waals surface area contributed by atoms with Gasteiger partial charge in [0.05, 0.1) is 30.0 Å². The Morgan fingerprint density at radius 1 is 1.08 bits per heavy atom. The van der Waals surface area contributed by atoms with Gasteiger partial charge >= 0.3 is 6.03 Å². The molecule has 2 aromatic rings. The molecule has 24 heavy (non-hydrogen) atoms. The van der Waals surface area contributed by atoms with Crippen LogP contribution in [0.1, 0.15) is 5.56 Å². The van der Waals surface area contributed by atoms with E-state index in [0.29, 0.717) is 27.8 Å². The van der Waals surface area contributed by atoms with Crippen molar-refractivity contribution in [3.05, 3.63) is 51.8 Å². The Labute approximate surface area is 148 Å². The van der Waals surface area contributed by atoms with Crippen LogP contribution in [0.15, 0.2) is 30.3 Å². The van der Waals surface area contributed by atoms with E-state index < -0.39 is 11.8 Å². The van der Waals surface area contributed by atoms with E-state index in [9.17, 15) is 9.18 Å². The Bertz CT molecular complexity index is 756. The van der Waals surface area contributed by atoms with Crippen molar-refractivity contribution in [2.24, 2.45) is 0 Å². The lowest BCUT2D eigenvalue weighted by Gasteiger charge is -2.13. The summed E-state index contributed by atoms with van der Waals surface area (Å²) in [6.45, 7) is 0.179. The fourth-order valence-electron chi connectivity index (χ4n) is 1.96. The van der Waals surface area contributed by atoms with Crippen LogP contribution < -0.4 is 20.1 Å². The number of ether oxygens (including phenoxy) is 2. The second-order valence-corrected chi connectivity index (χ2v) is 5.56. The molecule has 0 aliphatic carbocycles. The molecule has 128 valence electrons. The molecule has 2 amide bonds. The topological polar surface area (TPSA) is 59.6 Å². The Hall–Kier alpha value is -2.18. The number of anilines is 1. The second-order valence-electron chi connectivity index (χ2n) is 4.74. The summed E-state index contributed by atoms with van der Waals surface area (Å²) in [7, 11) is 2.95. The summed E-state index contributed by atoms with van der Waals surface area (Å²) in [5.41, 5.74) is 1.05. The van der Waals surface area contributed by atoms with E-state index in [-0.39, 0.29) is 11.6 Å². The fourth-order valence-corrected chi connectivity index (χ4v) is 2.40. The normalized spacial score (nSPS) is 10.2.